The average molecular weight is 298 g/mol. The summed E-state index contributed by atoms with van der Waals surface area (Å²) in [6.45, 7) is 0. The predicted molar refractivity (Wildman–Crippen MR) is 80.4 cm³/mol. The van der Waals surface area contributed by atoms with E-state index in [0.717, 1.165) is 16.2 Å². The van der Waals surface area contributed by atoms with Crippen molar-refractivity contribution in [2.45, 2.75) is 10.8 Å². The number of thioether (sulfide) groups is 1. The Labute approximate surface area is 125 Å². The zero-order chi connectivity index (χ0) is 14.4. The van der Waals surface area contributed by atoms with Crippen molar-refractivity contribution in [1.82, 2.24) is 0 Å². The lowest BCUT2D eigenvalue weighted by Crippen LogP contribution is -2.11. The minimum Gasteiger partial charge on any atom is -0.453 e. The van der Waals surface area contributed by atoms with Crippen molar-refractivity contribution in [2.24, 2.45) is 0 Å². The predicted octanol–water partition coefficient (Wildman–Crippen LogP) is 4.64. The lowest BCUT2D eigenvalue weighted by molar-refractivity contribution is 0.0943. The van der Waals surface area contributed by atoms with Crippen LogP contribution in [0.1, 0.15) is 22.0 Å². The fourth-order valence-corrected chi connectivity index (χ4v) is 3.92. The van der Waals surface area contributed by atoms with Crippen LogP contribution in [0.15, 0.2) is 57.8 Å². The SMILES string of the molecule is O=C(c1cc2cc(F)ccc2o1)C1CSc2ccccc21. The number of ketones is 1. The van der Waals surface area contributed by atoms with Gasteiger partial charge in [-0.3, -0.25) is 4.79 Å². The van der Waals surface area contributed by atoms with E-state index in [0.29, 0.717) is 16.7 Å². The first kappa shape index (κ1) is 12.7. The average Bonchev–Trinajstić information content (AvgIpc) is 3.09. The van der Waals surface area contributed by atoms with E-state index in [1.165, 1.54) is 12.1 Å². The molecule has 104 valence electrons. The van der Waals surface area contributed by atoms with Crippen LogP contribution in [-0.4, -0.2) is 11.5 Å². The smallest absolute Gasteiger partial charge is 0.206 e. The quantitative estimate of drug-likeness (QED) is 0.645. The highest BCUT2D eigenvalue weighted by Crippen LogP contribution is 2.41. The Balaban J connectivity index is 1.74. The number of furan rings is 1. The van der Waals surface area contributed by atoms with Crippen molar-refractivity contribution in [1.29, 1.82) is 0 Å². The van der Waals surface area contributed by atoms with Crippen molar-refractivity contribution >= 4 is 28.5 Å². The van der Waals surface area contributed by atoms with Crippen LogP contribution in [-0.2, 0) is 0 Å². The molecule has 0 saturated heterocycles. The van der Waals surface area contributed by atoms with Crippen LogP contribution in [0.4, 0.5) is 4.39 Å². The third-order valence-electron chi connectivity index (χ3n) is 3.74. The molecule has 2 heterocycles. The van der Waals surface area contributed by atoms with Gasteiger partial charge in [0.15, 0.2) is 5.76 Å². The Morgan fingerprint density at radius 2 is 2.05 bits per heavy atom. The lowest BCUT2D eigenvalue weighted by atomic mass is 9.95. The first-order valence-electron chi connectivity index (χ1n) is 6.67. The molecule has 0 spiro atoms. The standard InChI is InChI=1S/C17H11FO2S/c18-11-5-6-14-10(7-11)8-15(20-14)17(19)13-9-21-16-4-2-1-3-12(13)16/h1-8,13H,9H2. The maximum absolute atomic E-state index is 13.2. The number of benzene rings is 2. The molecule has 0 fully saturated rings. The molecular formula is C17H11FO2S. The first-order chi connectivity index (χ1) is 10.2. The molecule has 0 radical (unpaired) electrons. The van der Waals surface area contributed by atoms with Crippen molar-refractivity contribution in [3.63, 3.8) is 0 Å². The number of carbonyl (C=O) groups is 1. The van der Waals surface area contributed by atoms with Crippen LogP contribution in [0.25, 0.3) is 11.0 Å². The van der Waals surface area contributed by atoms with E-state index < -0.39 is 0 Å². The second kappa shape index (κ2) is 4.74. The Morgan fingerprint density at radius 3 is 2.95 bits per heavy atom. The van der Waals surface area contributed by atoms with Crippen LogP contribution in [0, 0.1) is 5.82 Å². The van der Waals surface area contributed by atoms with Crippen molar-refractivity contribution < 1.29 is 13.6 Å². The molecule has 4 rings (SSSR count). The highest BCUT2D eigenvalue weighted by atomic mass is 32.2. The van der Waals surface area contributed by atoms with E-state index in [9.17, 15) is 9.18 Å². The van der Waals surface area contributed by atoms with Crippen LogP contribution >= 0.6 is 11.8 Å². The van der Waals surface area contributed by atoms with Crippen LogP contribution < -0.4 is 0 Å². The van der Waals surface area contributed by atoms with Gasteiger partial charge in [0.2, 0.25) is 5.78 Å². The highest BCUT2D eigenvalue weighted by molar-refractivity contribution is 7.99. The molecule has 1 unspecified atom stereocenters. The molecule has 2 nitrogen and oxygen atoms in total. The minimum atomic E-state index is -0.330. The van der Waals surface area contributed by atoms with Crippen LogP contribution in [0.5, 0.6) is 0 Å². The zero-order valence-electron chi connectivity index (χ0n) is 11.0. The number of Topliss-reactive ketones (excluding diaryl/α,β-unsaturated/α-hetero) is 1. The molecule has 0 aliphatic carbocycles. The van der Waals surface area contributed by atoms with Gasteiger partial charge >= 0.3 is 0 Å². The molecule has 3 aromatic rings. The minimum absolute atomic E-state index is 0.0379. The van der Waals surface area contributed by atoms with Gasteiger partial charge in [0.1, 0.15) is 11.4 Å². The lowest BCUT2D eigenvalue weighted by Gasteiger charge is -2.06. The fourth-order valence-electron chi connectivity index (χ4n) is 2.69. The first-order valence-corrected chi connectivity index (χ1v) is 7.66. The second-order valence-corrected chi connectivity index (χ2v) is 6.12. The van der Waals surface area contributed by atoms with E-state index >= 15 is 0 Å². The number of hydrogen-bond donors (Lipinski definition) is 0. The maximum atomic E-state index is 13.2. The van der Waals surface area contributed by atoms with Crippen molar-refractivity contribution in [2.75, 3.05) is 5.75 Å². The third kappa shape index (κ3) is 2.07. The second-order valence-electron chi connectivity index (χ2n) is 5.06. The summed E-state index contributed by atoms with van der Waals surface area (Å²) < 4.78 is 18.8. The summed E-state index contributed by atoms with van der Waals surface area (Å²) in [6.07, 6.45) is 0. The molecule has 2 aromatic carbocycles. The van der Waals surface area contributed by atoms with Gasteiger partial charge in [0.05, 0.1) is 5.92 Å². The van der Waals surface area contributed by atoms with Gasteiger partial charge in [0.25, 0.3) is 0 Å². The van der Waals surface area contributed by atoms with E-state index in [4.69, 9.17) is 4.42 Å². The van der Waals surface area contributed by atoms with Gasteiger partial charge < -0.3 is 4.42 Å². The number of fused-ring (bicyclic) bond motifs is 2. The normalized spacial score (nSPS) is 17.1. The molecule has 0 saturated carbocycles. The van der Waals surface area contributed by atoms with Crippen LogP contribution in [0.3, 0.4) is 0 Å². The van der Waals surface area contributed by atoms with Gasteiger partial charge in [-0.25, -0.2) is 4.39 Å². The Morgan fingerprint density at radius 1 is 1.19 bits per heavy atom. The summed E-state index contributed by atoms with van der Waals surface area (Å²) in [7, 11) is 0. The van der Waals surface area contributed by atoms with Crippen molar-refractivity contribution in [3.8, 4) is 0 Å². The summed E-state index contributed by atoms with van der Waals surface area (Å²) in [5, 5.41) is 0.622. The highest BCUT2D eigenvalue weighted by Gasteiger charge is 2.31. The monoisotopic (exact) mass is 298 g/mol. The molecule has 0 amide bonds. The van der Waals surface area contributed by atoms with E-state index in [-0.39, 0.29) is 17.5 Å². The van der Waals surface area contributed by atoms with E-state index in [1.807, 2.05) is 24.3 Å². The number of halogens is 1. The van der Waals surface area contributed by atoms with Gasteiger partial charge in [-0.1, -0.05) is 18.2 Å². The van der Waals surface area contributed by atoms with Gasteiger partial charge in [-0.15, -0.1) is 11.8 Å². The summed E-state index contributed by atoms with van der Waals surface area (Å²) in [6, 6.07) is 13.8. The van der Waals surface area contributed by atoms with Gasteiger partial charge in [-0.2, -0.15) is 0 Å². The molecule has 1 aromatic heterocycles. The molecule has 1 aliphatic rings. The summed E-state index contributed by atoms with van der Waals surface area (Å²) in [5.74, 6) is 0.478. The fraction of sp³-hybridized carbons (Fsp3) is 0.118. The molecule has 1 aliphatic heterocycles. The summed E-state index contributed by atoms with van der Waals surface area (Å²) in [5.41, 5.74) is 1.60. The zero-order valence-corrected chi connectivity index (χ0v) is 11.8. The number of hydrogen-bond acceptors (Lipinski definition) is 3. The maximum Gasteiger partial charge on any atom is 0.206 e. The summed E-state index contributed by atoms with van der Waals surface area (Å²) >= 11 is 1.69. The Hall–Kier alpha value is -2.07. The molecule has 4 heteroatoms. The number of carbonyl (C=O) groups excluding carboxylic acids is 1. The van der Waals surface area contributed by atoms with E-state index in [1.54, 1.807) is 23.9 Å². The number of rotatable bonds is 2. The Kier molecular flexibility index (Phi) is 2.86. The molecule has 1 atom stereocenters. The molecule has 21 heavy (non-hydrogen) atoms. The Bertz CT molecular complexity index is 853. The third-order valence-corrected chi connectivity index (χ3v) is 4.92. The van der Waals surface area contributed by atoms with Crippen LogP contribution in [0.2, 0.25) is 0 Å². The van der Waals surface area contributed by atoms with Gasteiger partial charge in [-0.05, 0) is 35.9 Å². The summed E-state index contributed by atoms with van der Waals surface area (Å²) in [4.78, 5) is 13.8. The topological polar surface area (TPSA) is 30.2 Å². The largest absolute Gasteiger partial charge is 0.453 e. The molecule has 0 bridgehead atoms. The van der Waals surface area contributed by atoms with E-state index in [2.05, 4.69) is 0 Å². The van der Waals surface area contributed by atoms with Crippen molar-refractivity contribution in [3.05, 3.63) is 65.7 Å². The molecule has 0 N–H and O–H groups in total. The van der Waals surface area contributed by atoms with Gasteiger partial charge in [0, 0.05) is 16.0 Å². The molecular weight excluding hydrogens is 287 g/mol.